The predicted molar refractivity (Wildman–Crippen MR) is 86.7 cm³/mol. The summed E-state index contributed by atoms with van der Waals surface area (Å²) in [4.78, 5) is 5.80. The number of nitrogens with one attached hydrogen (secondary N) is 1. The molecule has 21 heavy (non-hydrogen) atoms. The zero-order chi connectivity index (χ0) is 14.8. The minimum atomic E-state index is -0.240. The first-order valence-corrected chi connectivity index (χ1v) is 7.50. The Hall–Kier alpha value is -2.20. The fourth-order valence-electron chi connectivity index (χ4n) is 2.09. The van der Waals surface area contributed by atoms with Gasteiger partial charge in [-0.1, -0.05) is 29.8 Å². The highest BCUT2D eigenvalue weighted by molar-refractivity contribution is 7.16. The van der Waals surface area contributed by atoms with E-state index >= 15 is 0 Å². The number of nitrogens with zero attached hydrogens (tertiary/aromatic N) is 1. The van der Waals surface area contributed by atoms with E-state index < -0.39 is 0 Å². The van der Waals surface area contributed by atoms with Gasteiger partial charge in [0, 0.05) is 16.1 Å². The van der Waals surface area contributed by atoms with E-state index in [4.69, 9.17) is 0 Å². The van der Waals surface area contributed by atoms with E-state index in [0.29, 0.717) is 0 Å². The Balaban J connectivity index is 1.87. The van der Waals surface area contributed by atoms with Crippen LogP contribution in [0.1, 0.15) is 10.4 Å². The summed E-state index contributed by atoms with van der Waals surface area (Å²) in [5.74, 6) is -0.240. The lowest BCUT2D eigenvalue weighted by Crippen LogP contribution is -1.89. The highest BCUT2D eigenvalue weighted by Gasteiger charge is 2.09. The fraction of sp³-hybridized carbons (Fsp3) is 0.118. The lowest BCUT2D eigenvalue weighted by molar-refractivity contribution is 0.628. The van der Waals surface area contributed by atoms with E-state index in [-0.39, 0.29) is 5.82 Å². The molecule has 0 aliphatic heterocycles. The molecular formula is C17H15FN2S. The quantitative estimate of drug-likeness (QED) is 0.709. The summed E-state index contributed by atoms with van der Waals surface area (Å²) in [6, 6.07) is 14.6. The average molecular weight is 298 g/mol. The molecule has 0 spiro atoms. The van der Waals surface area contributed by atoms with E-state index in [1.54, 1.807) is 23.5 Å². The largest absolute Gasteiger partial charge is 0.332 e. The molecule has 0 radical (unpaired) electrons. The number of hydrogen-bond acceptors (Lipinski definition) is 3. The van der Waals surface area contributed by atoms with Crippen LogP contribution in [0.25, 0.3) is 11.3 Å². The Bertz CT molecular complexity index is 745. The van der Waals surface area contributed by atoms with E-state index in [2.05, 4.69) is 48.4 Å². The maximum atomic E-state index is 12.9. The van der Waals surface area contributed by atoms with Gasteiger partial charge in [0.1, 0.15) is 5.82 Å². The molecule has 106 valence electrons. The van der Waals surface area contributed by atoms with Gasteiger partial charge < -0.3 is 5.32 Å². The summed E-state index contributed by atoms with van der Waals surface area (Å²) in [6.45, 7) is 4.13. The van der Waals surface area contributed by atoms with Gasteiger partial charge in [-0.3, -0.25) is 0 Å². The van der Waals surface area contributed by atoms with Crippen molar-refractivity contribution in [1.29, 1.82) is 0 Å². The molecule has 0 saturated heterocycles. The van der Waals surface area contributed by atoms with Crippen LogP contribution in [0.4, 0.5) is 15.2 Å². The lowest BCUT2D eigenvalue weighted by atomic mass is 10.1. The molecule has 1 heterocycles. The van der Waals surface area contributed by atoms with Crippen molar-refractivity contribution in [1.82, 2.24) is 4.98 Å². The Labute approximate surface area is 127 Å². The van der Waals surface area contributed by atoms with Crippen molar-refractivity contribution in [2.75, 3.05) is 5.32 Å². The van der Waals surface area contributed by atoms with Crippen LogP contribution in [0, 0.1) is 19.7 Å². The Morgan fingerprint density at radius 2 is 1.62 bits per heavy atom. The summed E-state index contributed by atoms with van der Waals surface area (Å²) >= 11 is 1.60. The third-order valence-electron chi connectivity index (χ3n) is 3.22. The normalized spacial score (nSPS) is 10.6. The summed E-state index contributed by atoms with van der Waals surface area (Å²) in [5.41, 5.74) is 4.17. The number of benzene rings is 2. The first-order chi connectivity index (χ1) is 10.1. The van der Waals surface area contributed by atoms with Crippen molar-refractivity contribution < 1.29 is 4.39 Å². The molecule has 2 nitrogen and oxygen atoms in total. The lowest BCUT2D eigenvalue weighted by Gasteiger charge is -2.01. The van der Waals surface area contributed by atoms with Crippen LogP contribution in [0.2, 0.25) is 0 Å². The van der Waals surface area contributed by atoms with Crippen LogP contribution in [0.5, 0.6) is 0 Å². The van der Waals surface area contributed by atoms with Crippen molar-refractivity contribution in [2.24, 2.45) is 0 Å². The molecule has 0 fully saturated rings. The standard InChI is InChI=1S/C17H15FN2S/c1-11-3-5-13(6-4-11)16-12(2)21-17(20-16)19-15-9-7-14(18)8-10-15/h3-10H,1-2H3,(H,19,20). The van der Waals surface area contributed by atoms with Crippen LogP contribution in [0.3, 0.4) is 0 Å². The molecule has 4 heteroatoms. The molecule has 1 N–H and O–H groups in total. The van der Waals surface area contributed by atoms with Crippen LogP contribution in [-0.4, -0.2) is 4.98 Å². The first-order valence-electron chi connectivity index (χ1n) is 6.69. The molecule has 0 unspecified atom stereocenters. The summed E-state index contributed by atoms with van der Waals surface area (Å²) in [6.07, 6.45) is 0. The molecule has 2 aromatic carbocycles. The molecule has 0 aliphatic rings. The maximum Gasteiger partial charge on any atom is 0.187 e. The Kier molecular flexibility index (Phi) is 3.71. The van der Waals surface area contributed by atoms with Gasteiger partial charge in [0.05, 0.1) is 5.69 Å². The van der Waals surface area contributed by atoms with E-state index in [1.165, 1.54) is 17.7 Å². The van der Waals surface area contributed by atoms with Gasteiger partial charge in [-0.05, 0) is 38.1 Å². The highest BCUT2D eigenvalue weighted by Crippen LogP contribution is 2.32. The van der Waals surface area contributed by atoms with E-state index in [9.17, 15) is 4.39 Å². The van der Waals surface area contributed by atoms with Crippen molar-refractivity contribution >= 4 is 22.2 Å². The number of anilines is 2. The number of hydrogen-bond donors (Lipinski definition) is 1. The topological polar surface area (TPSA) is 24.9 Å². The van der Waals surface area contributed by atoms with E-state index in [0.717, 1.165) is 27.0 Å². The van der Waals surface area contributed by atoms with Gasteiger partial charge in [0.15, 0.2) is 5.13 Å². The fourth-order valence-corrected chi connectivity index (χ4v) is 2.94. The number of aromatic nitrogens is 1. The van der Waals surface area contributed by atoms with E-state index in [1.807, 2.05) is 0 Å². The number of aryl methyl sites for hydroxylation is 2. The Morgan fingerprint density at radius 3 is 2.29 bits per heavy atom. The zero-order valence-electron chi connectivity index (χ0n) is 11.9. The van der Waals surface area contributed by atoms with Gasteiger partial charge in [-0.25, -0.2) is 9.37 Å². The second kappa shape index (κ2) is 5.66. The SMILES string of the molecule is Cc1ccc(-c2nc(Nc3ccc(F)cc3)sc2C)cc1. The predicted octanol–water partition coefficient (Wildman–Crippen LogP) is 5.31. The van der Waals surface area contributed by atoms with Gasteiger partial charge in [-0.15, -0.1) is 11.3 Å². The third-order valence-corrected chi connectivity index (χ3v) is 4.10. The Morgan fingerprint density at radius 1 is 0.952 bits per heavy atom. The van der Waals surface area contributed by atoms with Crippen LogP contribution in [0.15, 0.2) is 48.5 Å². The second-order valence-electron chi connectivity index (χ2n) is 4.92. The maximum absolute atomic E-state index is 12.9. The van der Waals surface area contributed by atoms with Crippen LogP contribution >= 0.6 is 11.3 Å². The molecule has 0 aliphatic carbocycles. The number of rotatable bonds is 3. The van der Waals surface area contributed by atoms with Crippen molar-refractivity contribution in [3.63, 3.8) is 0 Å². The monoisotopic (exact) mass is 298 g/mol. The first kappa shape index (κ1) is 13.8. The average Bonchev–Trinajstić information content (AvgIpc) is 2.83. The van der Waals surface area contributed by atoms with Crippen molar-refractivity contribution in [3.05, 3.63) is 64.8 Å². The molecule has 0 atom stereocenters. The van der Waals surface area contributed by atoms with Gasteiger partial charge in [0.25, 0.3) is 0 Å². The minimum absolute atomic E-state index is 0.240. The highest BCUT2D eigenvalue weighted by atomic mass is 32.1. The second-order valence-corrected chi connectivity index (χ2v) is 6.12. The van der Waals surface area contributed by atoms with Gasteiger partial charge >= 0.3 is 0 Å². The van der Waals surface area contributed by atoms with Crippen LogP contribution in [-0.2, 0) is 0 Å². The molecule has 3 aromatic rings. The molecule has 3 rings (SSSR count). The number of halogens is 1. The smallest absolute Gasteiger partial charge is 0.187 e. The minimum Gasteiger partial charge on any atom is -0.332 e. The molecule has 0 bridgehead atoms. The summed E-state index contributed by atoms with van der Waals surface area (Å²) in [7, 11) is 0. The molecular weight excluding hydrogens is 283 g/mol. The van der Waals surface area contributed by atoms with Crippen molar-refractivity contribution in [2.45, 2.75) is 13.8 Å². The summed E-state index contributed by atoms with van der Waals surface area (Å²) in [5, 5.41) is 4.03. The number of thiazole rings is 1. The third kappa shape index (κ3) is 3.11. The summed E-state index contributed by atoms with van der Waals surface area (Å²) < 4.78 is 12.9. The molecule has 0 amide bonds. The van der Waals surface area contributed by atoms with Crippen LogP contribution < -0.4 is 5.32 Å². The van der Waals surface area contributed by atoms with Crippen molar-refractivity contribution in [3.8, 4) is 11.3 Å². The van der Waals surface area contributed by atoms with Gasteiger partial charge in [0.2, 0.25) is 0 Å². The zero-order valence-corrected chi connectivity index (χ0v) is 12.7. The molecule has 0 saturated carbocycles. The van der Waals surface area contributed by atoms with Gasteiger partial charge in [-0.2, -0.15) is 0 Å². The molecule has 1 aromatic heterocycles.